The number of carbonyl (C=O) groups excluding carboxylic acids is 2. The first-order chi connectivity index (χ1) is 14.5. The number of rotatable bonds is 1. The SMILES string of the molecule is CN1C(=O)C2(C(C#N)=C(N)N(c3cccnc3)C3=C2C(=O)CCC3)c2ccccc21. The average Bonchev–Trinajstić information content (AvgIpc) is 2.98. The van der Waals surface area contributed by atoms with Crippen molar-refractivity contribution in [3.05, 3.63) is 77.0 Å². The number of Topliss-reactive ketones (excluding diaryl/α,β-unsaturated/α-hetero) is 1. The summed E-state index contributed by atoms with van der Waals surface area (Å²) in [6.07, 6.45) is 4.86. The van der Waals surface area contributed by atoms with E-state index in [2.05, 4.69) is 11.1 Å². The molecule has 2 aliphatic heterocycles. The normalized spacial score (nSPS) is 23.1. The van der Waals surface area contributed by atoms with Gasteiger partial charge in [-0.05, 0) is 31.0 Å². The van der Waals surface area contributed by atoms with Gasteiger partial charge in [-0.1, -0.05) is 18.2 Å². The molecule has 1 unspecified atom stereocenters. The number of benzene rings is 1. The summed E-state index contributed by atoms with van der Waals surface area (Å²) < 4.78 is 0. The van der Waals surface area contributed by atoms with Gasteiger partial charge in [-0.2, -0.15) is 5.26 Å². The Morgan fingerprint density at radius 3 is 2.70 bits per heavy atom. The van der Waals surface area contributed by atoms with Crippen molar-refractivity contribution >= 4 is 23.1 Å². The van der Waals surface area contributed by atoms with Crippen LogP contribution in [0.5, 0.6) is 0 Å². The molecule has 1 aliphatic carbocycles. The zero-order valence-electron chi connectivity index (χ0n) is 16.4. The molecule has 1 atom stereocenters. The number of para-hydroxylation sites is 1. The Labute approximate surface area is 173 Å². The second-order valence-electron chi connectivity index (χ2n) is 7.65. The molecule has 3 heterocycles. The molecule has 1 aromatic carbocycles. The fourth-order valence-corrected chi connectivity index (χ4v) is 5.02. The molecule has 5 rings (SSSR count). The summed E-state index contributed by atoms with van der Waals surface area (Å²) in [6.45, 7) is 0. The van der Waals surface area contributed by atoms with Gasteiger partial charge >= 0.3 is 0 Å². The van der Waals surface area contributed by atoms with Crippen LogP contribution < -0.4 is 15.5 Å². The number of hydrogen-bond acceptors (Lipinski definition) is 6. The number of allylic oxidation sites excluding steroid dienone is 1. The summed E-state index contributed by atoms with van der Waals surface area (Å²) in [4.78, 5) is 34.5. The van der Waals surface area contributed by atoms with Gasteiger partial charge < -0.3 is 10.6 Å². The molecule has 1 spiro atoms. The molecule has 148 valence electrons. The predicted molar refractivity (Wildman–Crippen MR) is 111 cm³/mol. The number of pyridine rings is 1. The van der Waals surface area contributed by atoms with Crippen molar-refractivity contribution < 1.29 is 9.59 Å². The largest absolute Gasteiger partial charge is 0.384 e. The summed E-state index contributed by atoms with van der Waals surface area (Å²) in [5, 5.41) is 10.2. The second-order valence-corrected chi connectivity index (χ2v) is 7.65. The Balaban J connectivity index is 1.91. The van der Waals surface area contributed by atoms with Gasteiger partial charge in [0.1, 0.15) is 17.3 Å². The first kappa shape index (κ1) is 18.1. The lowest BCUT2D eigenvalue weighted by Gasteiger charge is -2.43. The highest BCUT2D eigenvalue weighted by molar-refractivity contribution is 6.20. The third-order valence-corrected chi connectivity index (χ3v) is 6.21. The number of carbonyl (C=O) groups is 2. The molecule has 0 saturated carbocycles. The third kappa shape index (κ3) is 2.05. The minimum Gasteiger partial charge on any atom is -0.384 e. The van der Waals surface area contributed by atoms with Crippen molar-refractivity contribution in [1.82, 2.24) is 4.98 Å². The Hall–Kier alpha value is -3.92. The van der Waals surface area contributed by atoms with E-state index in [0.717, 1.165) is 0 Å². The maximum Gasteiger partial charge on any atom is 0.247 e. The molecule has 30 heavy (non-hydrogen) atoms. The lowest BCUT2D eigenvalue weighted by Crippen LogP contribution is -2.52. The van der Waals surface area contributed by atoms with E-state index in [4.69, 9.17) is 5.73 Å². The standard InChI is InChI=1S/C23H19N5O2/c1-27-17-8-3-2-7-15(17)23(22(27)30)16(12-24)21(25)28(14-6-5-11-26-13-14)18-9-4-10-19(29)20(18)23/h2-3,5-8,11,13H,4,9-10,25H2,1H3. The van der Waals surface area contributed by atoms with Gasteiger partial charge in [-0.15, -0.1) is 0 Å². The van der Waals surface area contributed by atoms with Crippen molar-refractivity contribution in [1.29, 1.82) is 5.26 Å². The molecule has 1 aromatic heterocycles. The molecule has 0 fully saturated rings. The number of ketones is 1. The zero-order chi connectivity index (χ0) is 21.0. The number of fused-ring (bicyclic) bond motifs is 3. The highest BCUT2D eigenvalue weighted by Gasteiger charge is 2.61. The van der Waals surface area contributed by atoms with Crippen LogP contribution in [0.15, 0.2) is 71.5 Å². The summed E-state index contributed by atoms with van der Waals surface area (Å²) in [5.41, 5.74) is 8.17. The fourth-order valence-electron chi connectivity index (χ4n) is 5.02. The molecule has 2 aromatic rings. The van der Waals surface area contributed by atoms with E-state index in [0.29, 0.717) is 47.5 Å². The number of likely N-dealkylation sites (N-methyl/N-ethyl adjacent to an activating group) is 1. The minimum atomic E-state index is -1.50. The van der Waals surface area contributed by atoms with E-state index >= 15 is 0 Å². The summed E-state index contributed by atoms with van der Waals surface area (Å²) in [6, 6.07) is 13.1. The molecule has 2 N–H and O–H groups in total. The van der Waals surface area contributed by atoms with Gasteiger partial charge in [0, 0.05) is 42.2 Å². The summed E-state index contributed by atoms with van der Waals surface area (Å²) >= 11 is 0. The molecule has 7 heteroatoms. The minimum absolute atomic E-state index is 0.0853. The molecule has 1 amide bonds. The number of hydrogen-bond donors (Lipinski definition) is 1. The lowest BCUT2D eigenvalue weighted by atomic mass is 9.64. The Morgan fingerprint density at radius 1 is 1.17 bits per heavy atom. The van der Waals surface area contributed by atoms with E-state index in [1.165, 1.54) is 4.90 Å². The average molecular weight is 397 g/mol. The van der Waals surface area contributed by atoms with E-state index in [-0.39, 0.29) is 23.1 Å². The smallest absolute Gasteiger partial charge is 0.247 e. The molecule has 3 aliphatic rings. The summed E-state index contributed by atoms with van der Waals surface area (Å²) in [7, 11) is 1.67. The Morgan fingerprint density at radius 2 is 1.97 bits per heavy atom. The van der Waals surface area contributed by atoms with Crippen molar-refractivity contribution in [2.45, 2.75) is 24.7 Å². The van der Waals surface area contributed by atoms with Crippen LogP contribution in [0.3, 0.4) is 0 Å². The summed E-state index contributed by atoms with van der Waals surface area (Å²) in [5.74, 6) is -0.280. The van der Waals surface area contributed by atoms with Crippen LogP contribution in [0.25, 0.3) is 0 Å². The molecular weight excluding hydrogens is 378 g/mol. The van der Waals surface area contributed by atoms with Gasteiger partial charge in [-0.3, -0.25) is 19.5 Å². The first-order valence-corrected chi connectivity index (χ1v) is 9.78. The van der Waals surface area contributed by atoms with Gasteiger partial charge in [-0.25, -0.2) is 0 Å². The number of nitrogens with zero attached hydrogens (tertiary/aromatic N) is 4. The lowest BCUT2D eigenvalue weighted by molar-refractivity contribution is -0.124. The molecule has 7 nitrogen and oxygen atoms in total. The number of aromatic nitrogens is 1. The molecule has 0 radical (unpaired) electrons. The first-order valence-electron chi connectivity index (χ1n) is 9.78. The van der Waals surface area contributed by atoms with Crippen LogP contribution in [0.1, 0.15) is 24.8 Å². The number of nitriles is 1. The van der Waals surface area contributed by atoms with E-state index in [9.17, 15) is 14.9 Å². The van der Waals surface area contributed by atoms with Crippen LogP contribution >= 0.6 is 0 Å². The van der Waals surface area contributed by atoms with E-state index in [1.807, 2.05) is 30.3 Å². The van der Waals surface area contributed by atoms with E-state index in [1.54, 1.807) is 30.4 Å². The van der Waals surface area contributed by atoms with E-state index < -0.39 is 5.41 Å². The highest BCUT2D eigenvalue weighted by atomic mass is 16.2. The van der Waals surface area contributed by atoms with Gasteiger partial charge in [0.15, 0.2) is 5.78 Å². The van der Waals surface area contributed by atoms with Gasteiger partial charge in [0.05, 0.1) is 17.5 Å². The Bertz CT molecular complexity index is 1210. The molecule has 0 bridgehead atoms. The van der Waals surface area contributed by atoms with Gasteiger partial charge in [0.25, 0.3) is 0 Å². The fraction of sp³-hybridized carbons (Fsp3) is 0.217. The number of nitrogens with two attached hydrogens (primary N) is 1. The van der Waals surface area contributed by atoms with Crippen LogP contribution in [0.4, 0.5) is 11.4 Å². The maximum absolute atomic E-state index is 13.8. The predicted octanol–water partition coefficient (Wildman–Crippen LogP) is 2.52. The van der Waals surface area contributed by atoms with Gasteiger partial charge in [0.2, 0.25) is 5.91 Å². The number of anilines is 2. The quantitative estimate of drug-likeness (QED) is 0.793. The van der Waals surface area contributed by atoms with Crippen LogP contribution in [-0.2, 0) is 15.0 Å². The maximum atomic E-state index is 13.8. The van der Waals surface area contributed by atoms with Crippen LogP contribution in [-0.4, -0.2) is 23.7 Å². The third-order valence-electron chi connectivity index (χ3n) is 6.21. The van der Waals surface area contributed by atoms with Crippen LogP contribution in [0.2, 0.25) is 0 Å². The monoisotopic (exact) mass is 397 g/mol. The second kappa shape index (κ2) is 6.29. The van der Waals surface area contributed by atoms with Crippen LogP contribution in [0, 0.1) is 11.3 Å². The zero-order valence-corrected chi connectivity index (χ0v) is 16.4. The van der Waals surface area contributed by atoms with Crippen molar-refractivity contribution in [3.8, 4) is 6.07 Å². The Kier molecular flexibility index (Phi) is 3.80. The molecular formula is C23H19N5O2. The topological polar surface area (TPSA) is 103 Å². The molecule has 0 saturated heterocycles. The van der Waals surface area contributed by atoms with Crippen molar-refractivity contribution in [3.63, 3.8) is 0 Å². The highest BCUT2D eigenvalue weighted by Crippen LogP contribution is 2.56. The van der Waals surface area contributed by atoms with Crippen molar-refractivity contribution in [2.24, 2.45) is 5.73 Å². The number of amides is 1. The van der Waals surface area contributed by atoms with Crippen molar-refractivity contribution in [2.75, 3.05) is 16.8 Å².